The number of hydrogen-bond donors (Lipinski definition) is 1. The molecule has 0 aromatic rings. The van der Waals surface area contributed by atoms with Crippen LogP contribution >= 0.6 is 11.8 Å². The fourth-order valence-corrected chi connectivity index (χ4v) is 3.29. The van der Waals surface area contributed by atoms with E-state index in [9.17, 15) is 83.1 Å². The molecule has 1 saturated heterocycles. The van der Waals surface area contributed by atoms with Gasteiger partial charge >= 0.3 is 57.1 Å². The van der Waals surface area contributed by atoms with Crippen molar-refractivity contribution in [3.63, 3.8) is 0 Å². The Morgan fingerprint density at radius 1 is 0.500 bits per heavy atom. The molecule has 0 atom stereocenters. The summed E-state index contributed by atoms with van der Waals surface area (Å²) in [7, 11) is -7.89. The van der Waals surface area contributed by atoms with Crippen LogP contribution < -0.4 is 0 Å². The lowest BCUT2D eigenvalue weighted by Crippen LogP contribution is -2.74. The first kappa shape index (κ1) is 33.1. The summed E-state index contributed by atoms with van der Waals surface area (Å²) in [5.41, 5.74) is 0. The van der Waals surface area contributed by atoms with Gasteiger partial charge in [-0.3, -0.25) is 4.55 Å². The molecule has 0 aromatic heterocycles. The average Bonchev–Trinajstić information content (AvgIpc) is 3.18. The minimum absolute atomic E-state index is 1.42. The van der Waals surface area contributed by atoms with Gasteiger partial charge in [0.2, 0.25) is 0 Å². The summed E-state index contributed by atoms with van der Waals surface area (Å²) in [4.78, 5) is 0. The Kier molecular flexibility index (Phi) is 8.93. The zero-order valence-electron chi connectivity index (χ0n) is 15.3. The van der Waals surface area contributed by atoms with Gasteiger partial charge in [-0.1, -0.05) is 0 Å². The highest BCUT2D eigenvalue weighted by Gasteiger charge is 2.96. The second-order valence-electron chi connectivity index (χ2n) is 6.26. The van der Waals surface area contributed by atoms with Gasteiger partial charge in [-0.15, -0.1) is 0 Å². The van der Waals surface area contributed by atoms with Gasteiger partial charge in [-0.2, -0.15) is 94.8 Å². The predicted octanol–water partition coefficient (Wildman–Crippen LogP) is 6.35. The van der Waals surface area contributed by atoms with E-state index in [1.54, 1.807) is 0 Å². The van der Waals surface area contributed by atoms with Crippen LogP contribution in [0.4, 0.5) is 74.6 Å². The van der Waals surface area contributed by atoms with Gasteiger partial charge in [-0.25, -0.2) is 0 Å². The van der Waals surface area contributed by atoms with Crippen LogP contribution in [-0.4, -0.2) is 71.4 Å². The molecule has 206 valence electrons. The van der Waals surface area contributed by atoms with E-state index in [4.69, 9.17) is 4.55 Å². The van der Waals surface area contributed by atoms with Crippen molar-refractivity contribution in [2.24, 2.45) is 0 Å². The van der Waals surface area contributed by atoms with E-state index in [0.29, 0.717) is 0 Å². The molecule has 0 unspecified atom stereocenters. The molecule has 1 heterocycles. The molecule has 0 amide bonds. The van der Waals surface area contributed by atoms with Crippen LogP contribution in [0.2, 0.25) is 0 Å². The van der Waals surface area contributed by atoms with Crippen molar-refractivity contribution in [3.8, 4) is 0 Å². The molecule has 0 aliphatic carbocycles. The topological polar surface area (TPSA) is 54.4 Å². The van der Waals surface area contributed by atoms with Crippen molar-refractivity contribution in [1.82, 2.24) is 0 Å². The summed E-state index contributed by atoms with van der Waals surface area (Å²) >= 11 is 2.07. The lowest BCUT2D eigenvalue weighted by Gasteiger charge is -2.42. The molecular weight excluding hydrogens is 579 g/mol. The summed E-state index contributed by atoms with van der Waals surface area (Å²) in [6, 6.07) is 0. The Hall–Kier alpha value is -0.930. The lowest BCUT2D eigenvalue weighted by molar-refractivity contribution is -0.458. The van der Waals surface area contributed by atoms with Crippen LogP contribution in [0.5, 0.6) is 0 Å². The fourth-order valence-electron chi connectivity index (χ4n) is 1.82. The molecular formula is C12H9F17O3S2. The number of rotatable bonds is 7. The van der Waals surface area contributed by atoms with Crippen molar-refractivity contribution in [2.45, 2.75) is 59.8 Å². The third-order valence-electron chi connectivity index (χ3n) is 3.84. The molecule has 1 aliphatic rings. The molecule has 22 heteroatoms. The molecule has 0 aromatic carbocycles. The Morgan fingerprint density at radius 3 is 0.971 bits per heavy atom. The molecule has 1 N–H and O–H groups in total. The number of halogens is 17. The fraction of sp³-hybridized carbons (Fsp3) is 1.00. The lowest BCUT2D eigenvalue weighted by atomic mass is 9.91. The largest absolute Gasteiger partial charge is 0.460 e. The van der Waals surface area contributed by atoms with Gasteiger partial charge in [0, 0.05) is 0 Å². The van der Waals surface area contributed by atoms with Gasteiger partial charge in [0.05, 0.1) is 0 Å². The maximum atomic E-state index is 13.0. The van der Waals surface area contributed by atoms with Crippen LogP contribution in [0.25, 0.3) is 0 Å². The standard InChI is InChI=1S/C8HF17O3S.C4H8S/c9-1(10,3(13,14)5(17,18)7(21,22)23)2(11,12)4(15,16)6(19,20)8(24,25)29(26,27)28;1-2-4-5-3-1/h(H,26,27,28);1-4H2. The number of hydrogen-bond acceptors (Lipinski definition) is 3. The summed E-state index contributed by atoms with van der Waals surface area (Å²) in [5.74, 6) is -49.1. The van der Waals surface area contributed by atoms with Gasteiger partial charge in [0.15, 0.2) is 0 Å². The molecule has 0 saturated carbocycles. The maximum Gasteiger partial charge on any atom is 0.460 e. The molecule has 34 heavy (non-hydrogen) atoms. The highest BCUT2D eigenvalue weighted by atomic mass is 32.2. The van der Waals surface area contributed by atoms with E-state index in [1.165, 1.54) is 24.3 Å². The third-order valence-corrected chi connectivity index (χ3v) is 5.90. The normalized spacial score (nSPS) is 17.9. The Labute approximate surface area is 181 Å². The Morgan fingerprint density at radius 2 is 0.765 bits per heavy atom. The van der Waals surface area contributed by atoms with E-state index in [-0.39, 0.29) is 0 Å². The first-order valence-corrected chi connectivity index (χ1v) is 10.4. The molecule has 1 fully saturated rings. The van der Waals surface area contributed by atoms with E-state index in [2.05, 4.69) is 11.8 Å². The molecule has 3 nitrogen and oxygen atoms in total. The second kappa shape index (κ2) is 9.18. The Balaban J connectivity index is 0.00000190. The van der Waals surface area contributed by atoms with E-state index < -0.39 is 57.1 Å². The molecule has 0 bridgehead atoms. The third kappa shape index (κ3) is 4.85. The van der Waals surface area contributed by atoms with Crippen molar-refractivity contribution in [1.29, 1.82) is 0 Å². The first-order valence-electron chi connectivity index (χ1n) is 7.76. The van der Waals surface area contributed by atoms with Crippen molar-refractivity contribution < 1.29 is 87.6 Å². The van der Waals surface area contributed by atoms with Crippen LogP contribution in [0.3, 0.4) is 0 Å². The highest BCUT2D eigenvalue weighted by Crippen LogP contribution is 2.64. The van der Waals surface area contributed by atoms with Gasteiger partial charge in [0.25, 0.3) is 0 Å². The highest BCUT2D eigenvalue weighted by molar-refractivity contribution is 7.99. The summed E-state index contributed by atoms with van der Waals surface area (Å²) in [6.45, 7) is 0. The van der Waals surface area contributed by atoms with Crippen molar-refractivity contribution in [2.75, 3.05) is 11.5 Å². The van der Waals surface area contributed by atoms with Crippen LogP contribution in [0.1, 0.15) is 12.8 Å². The molecule has 0 radical (unpaired) electrons. The monoisotopic (exact) mass is 588 g/mol. The minimum Gasteiger partial charge on any atom is -0.281 e. The average molecular weight is 588 g/mol. The number of thioether (sulfide) groups is 1. The predicted molar refractivity (Wildman–Crippen MR) is 78.8 cm³/mol. The molecule has 0 spiro atoms. The number of alkyl halides is 17. The Bertz CT molecular complexity index is 806. The second-order valence-corrected chi connectivity index (χ2v) is 8.94. The zero-order chi connectivity index (χ0) is 28.0. The van der Waals surface area contributed by atoms with Gasteiger partial charge < -0.3 is 0 Å². The van der Waals surface area contributed by atoms with E-state index >= 15 is 0 Å². The van der Waals surface area contributed by atoms with Crippen molar-refractivity contribution in [3.05, 3.63) is 0 Å². The quantitative estimate of drug-likeness (QED) is 0.278. The summed E-state index contributed by atoms with van der Waals surface area (Å²) in [5, 5.41) is -7.84. The SMILES string of the molecule is C1CCSC1.O=S(=O)(O)C(F)(F)C(F)(F)C(F)(F)C(F)(F)C(F)(F)C(F)(F)C(F)(F)C(F)(F)F. The summed E-state index contributed by atoms with van der Waals surface area (Å²) < 4.78 is 242. The van der Waals surface area contributed by atoms with Crippen LogP contribution in [0, 0.1) is 0 Å². The first-order chi connectivity index (χ1) is 14.5. The maximum absolute atomic E-state index is 13.0. The zero-order valence-corrected chi connectivity index (χ0v) is 17.0. The minimum atomic E-state index is -8.89. The molecule has 1 rings (SSSR count). The van der Waals surface area contributed by atoms with Crippen LogP contribution in [-0.2, 0) is 10.1 Å². The van der Waals surface area contributed by atoms with Crippen molar-refractivity contribution >= 4 is 21.9 Å². The summed E-state index contributed by atoms with van der Waals surface area (Å²) in [6.07, 6.45) is -4.96. The van der Waals surface area contributed by atoms with Crippen LogP contribution in [0.15, 0.2) is 0 Å². The van der Waals surface area contributed by atoms with E-state index in [0.717, 1.165) is 0 Å². The van der Waals surface area contributed by atoms with Gasteiger partial charge in [0.1, 0.15) is 0 Å². The van der Waals surface area contributed by atoms with E-state index in [1.807, 2.05) is 0 Å². The van der Waals surface area contributed by atoms with Gasteiger partial charge in [-0.05, 0) is 24.3 Å². The smallest absolute Gasteiger partial charge is 0.281 e. The molecule has 1 aliphatic heterocycles.